The number of hydrogen-bond donors (Lipinski definition) is 2. The molecular formula is C25H20FIN2O4. The van der Waals surface area contributed by atoms with Crippen molar-refractivity contribution < 1.29 is 23.7 Å². The molecule has 1 heterocycles. The van der Waals surface area contributed by atoms with Gasteiger partial charge in [0.05, 0.1) is 16.1 Å². The van der Waals surface area contributed by atoms with Crippen LogP contribution in [0, 0.1) is 20.7 Å². The third-order valence-electron chi connectivity index (χ3n) is 5.20. The molecule has 0 aliphatic carbocycles. The zero-order valence-electron chi connectivity index (χ0n) is 17.6. The van der Waals surface area contributed by atoms with Crippen LogP contribution in [0.25, 0.3) is 0 Å². The zero-order chi connectivity index (χ0) is 23.5. The molecule has 1 aliphatic rings. The first kappa shape index (κ1) is 22.7. The van der Waals surface area contributed by atoms with Crippen LogP contribution in [0.2, 0.25) is 0 Å². The number of hydrogen-bond acceptors (Lipinski definition) is 6. The molecule has 3 aromatic carbocycles. The molecule has 8 heteroatoms. The number of nitriles is 1. The Morgan fingerprint density at radius 3 is 2.70 bits per heavy atom. The molecule has 0 aromatic heterocycles. The van der Waals surface area contributed by atoms with Gasteiger partial charge in [-0.3, -0.25) is 0 Å². The Morgan fingerprint density at radius 2 is 1.97 bits per heavy atom. The third-order valence-corrected chi connectivity index (χ3v) is 6.00. The Bertz CT molecular complexity index is 1290. The van der Waals surface area contributed by atoms with Gasteiger partial charge in [-0.15, -0.1) is 0 Å². The summed E-state index contributed by atoms with van der Waals surface area (Å²) in [6.07, 6.45) is 0. The molecule has 33 heavy (non-hydrogen) atoms. The highest BCUT2D eigenvalue weighted by Crippen LogP contribution is 2.46. The summed E-state index contributed by atoms with van der Waals surface area (Å²) in [7, 11) is 0. The Labute approximate surface area is 204 Å². The van der Waals surface area contributed by atoms with Crippen LogP contribution >= 0.6 is 22.6 Å². The van der Waals surface area contributed by atoms with Gasteiger partial charge in [-0.1, -0.05) is 24.3 Å². The minimum absolute atomic E-state index is 0.0200. The molecule has 0 saturated heterocycles. The molecule has 0 radical (unpaired) electrons. The van der Waals surface area contributed by atoms with Crippen molar-refractivity contribution in [3.8, 4) is 29.1 Å². The fourth-order valence-electron chi connectivity index (χ4n) is 3.71. The highest BCUT2D eigenvalue weighted by molar-refractivity contribution is 14.1. The fraction of sp³-hybridized carbons (Fsp3) is 0.160. The molecule has 1 aliphatic heterocycles. The number of halogens is 2. The Hall–Kier alpha value is -3.45. The van der Waals surface area contributed by atoms with E-state index in [1.165, 1.54) is 18.2 Å². The van der Waals surface area contributed by atoms with E-state index in [9.17, 15) is 14.8 Å². The summed E-state index contributed by atoms with van der Waals surface area (Å²) in [5.74, 6) is 0.479. The van der Waals surface area contributed by atoms with E-state index in [2.05, 4.69) is 28.7 Å². The quantitative estimate of drug-likeness (QED) is 0.397. The number of nitrogens with zero attached hydrogens (tertiary/aromatic N) is 1. The van der Waals surface area contributed by atoms with Crippen molar-refractivity contribution in [1.82, 2.24) is 0 Å². The standard InChI is InChI=1S/C25H20FIN2O4/c1-2-31-22-10-15(9-20(27)24(22)32-13-14-5-3-4-6-19(14)26)23-17-8-7-16(30)11-21(17)33-25(29)18(23)12-28/h3-11,23,30H,2,13,29H2,1H3/t23-/m0/s1. The summed E-state index contributed by atoms with van der Waals surface area (Å²) in [5, 5.41) is 19.7. The van der Waals surface area contributed by atoms with Gasteiger partial charge >= 0.3 is 0 Å². The van der Waals surface area contributed by atoms with Crippen molar-refractivity contribution >= 4 is 22.6 Å². The van der Waals surface area contributed by atoms with E-state index in [1.54, 1.807) is 30.3 Å². The van der Waals surface area contributed by atoms with Gasteiger partial charge < -0.3 is 25.1 Å². The molecule has 0 fully saturated rings. The molecule has 6 nitrogen and oxygen atoms in total. The van der Waals surface area contributed by atoms with E-state index < -0.39 is 5.92 Å². The van der Waals surface area contributed by atoms with Crippen LogP contribution in [-0.2, 0) is 6.61 Å². The summed E-state index contributed by atoms with van der Waals surface area (Å²) < 4.78 is 32.2. The number of phenols is 1. The van der Waals surface area contributed by atoms with Crippen LogP contribution in [0.4, 0.5) is 4.39 Å². The second kappa shape index (κ2) is 9.58. The molecule has 3 aromatic rings. The van der Waals surface area contributed by atoms with Gasteiger partial charge in [-0.2, -0.15) is 5.26 Å². The molecule has 3 N–H and O–H groups in total. The molecule has 1 atom stereocenters. The molecule has 4 rings (SSSR count). The predicted molar refractivity (Wildman–Crippen MR) is 128 cm³/mol. The molecule has 0 saturated carbocycles. The number of allylic oxidation sites excluding steroid dienone is 1. The molecule has 0 spiro atoms. The average Bonchev–Trinajstić information content (AvgIpc) is 2.78. The maximum absolute atomic E-state index is 14.0. The second-order valence-electron chi connectivity index (χ2n) is 7.29. The first-order chi connectivity index (χ1) is 15.9. The Kier molecular flexibility index (Phi) is 6.60. The lowest BCUT2D eigenvalue weighted by Gasteiger charge is -2.27. The average molecular weight is 558 g/mol. The van der Waals surface area contributed by atoms with Crippen molar-refractivity contribution in [2.75, 3.05) is 6.61 Å². The van der Waals surface area contributed by atoms with E-state index >= 15 is 0 Å². The highest BCUT2D eigenvalue weighted by Gasteiger charge is 2.32. The number of phenolic OH excluding ortho intramolecular Hbond substituents is 1. The van der Waals surface area contributed by atoms with Crippen molar-refractivity contribution in [3.05, 3.63) is 92.1 Å². The van der Waals surface area contributed by atoms with Crippen LogP contribution in [-0.4, -0.2) is 11.7 Å². The lowest BCUT2D eigenvalue weighted by Crippen LogP contribution is -2.21. The maximum atomic E-state index is 14.0. The van der Waals surface area contributed by atoms with E-state index in [-0.39, 0.29) is 29.6 Å². The van der Waals surface area contributed by atoms with Gasteiger partial charge in [0, 0.05) is 17.2 Å². The smallest absolute Gasteiger partial charge is 0.205 e. The van der Waals surface area contributed by atoms with Crippen LogP contribution in [0.1, 0.15) is 29.5 Å². The van der Waals surface area contributed by atoms with Gasteiger partial charge in [0.2, 0.25) is 5.88 Å². The van der Waals surface area contributed by atoms with Gasteiger partial charge in [0.1, 0.15) is 35.6 Å². The summed E-state index contributed by atoms with van der Waals surface area (Å²) in [6.45, 7) is 2.28. The Morgan fingerprint density at radius 1 is 1.18 bits per heavy atom. The van der Waals surface area contributed by atoms with Gasteiger partial charge in [0.25, 0.3) is 0 Å². The predicted octanol–water partition coefficient (Wildman–Crippen LogP) is 5.33. The van der Waals surface area contributed by atoms with Crippen LogP contribution in [0.15, 0.2) is 66.1 Å². The fourth-order valence-corrected chi connectivity index (χ4v) is 4.49. The molecule has 0 amide bonds. The topological polar surface area (TPSA) is 97.7 Å². The van der Waals surface area contributed by atoms with E-state index in [0.717, 1.165) is 9.13 Å². The Balaban J connectivity index is 1.77. The first-order valence-electron chi connectivity index (χ1n) is 10.2. The zero-order valence-corrected chi connectivity index (χ0v) is 19.8. The van der Waals surface area contributed by atoms with Gasteiger partial charge in [0.15, 0.2) is 11.5 Å². The van der Waals surface area contributed by atoms with Crippen molar-refractivity contribution in [1.29, 1.82) is 5.26 Å². The summed E-state index contributed by atoms with van der Waals surface area (Å²) in [6, 6.07) is 16.9. The van der Waals surface area contributed by atoms with Crippen molar-refractivity contribution in [2.24, 2.45) is 5.73 Å². The van der Waals surface area contributed by atoms with Gasteiger partial charge in [-0.05, 0) is 59.3 Å². The minimum Gasteiger partial charge on any atom is -0.508 e. The summed E-state index contributed by atoms with van der Waals surface area (Å²) in [4.78, 5) is 0. The lowest BCUT2D eigenvalue weighted by atomic mass is 9.83. The van der Waals surface area contributed by atoms with E-state index in [0.29, 0.717) is 35.0 Å². The summed E-state index contributed by atoms with van der Waals surface area (Å²) in [5.41, 5.74) is 8.16. The monoisotopic (exact) mass is 558 g/mol. The van der Waals surface area contributed by atoms with Crippen molar-refractivity contribution in [3.63, 3.8) is 0 Å². The molecule has 168 valence electrons. The van der Waals surface area contributed by atoms with Gasteiger partial charge in [-0.25, -0.2) is 4.39 Å². The largest absolute Gasteiger partial charge is 0.508 e. The molecular weight excluding hydrogens is 538 g/mol. The second-order valence-corrected chi connectivity index (χ2v) is 8.45. The first-order valence-corrected chi connectivity index (χ1v) is 11.2. The number of rotatable bonds is 6. The van der Waals surface area contributed by atoms with Crippen LogP contribution in [0.3, 0.4) is 0 Å². The minimum atomic E-state index is -0.521. The lowest BCUT2D eigenvalue weighted by molar-refractivity contribution is 0.263. The third kappa shape index (κ3) is 4.54. The van der Waals surface area contributed by atoms with Crippen LogP contribution in [0.5, 0.6) is 23.0 Å². The summed E-state index contributed by atoms with van der Waals surface area (Å²) >= 11 is 2.13. The number of ether oxygens (including phenoxy) is 3. The van der Waals surface area contributed by atoms with E-state index in [1.807, 2.05) is 13.0 Å². The highest BCUT2D eigenvalue weighted by atomic mass is 127. The van der Waals surface area contributed by atoms with E-state index in [4.69, 9.17) is 19.9 Å². The van der Waals surface area contributed by atoms with Crippen molar-refractivity contribution in [2.45, 2.75) is 19.4 Å². The maximum Gasteiger partial charge on any atom is 0.205 e. The number of aromatic hydroxyl groups is 1. The number of benzene rings is 3. The molecule has 0 unspecified atom stereocenters. The SMILES string of the molecule is CCOc1cc([C@@H]2C(C#N)=C(N)Oc3cc(O)ccc32)cc(I)c1OCc1ccccc1F. The van der Waals surface area contributed by atoms with Crippen LogP contribution < -0.4 is 19.9 Å². The molecule has 0 bridgehead atoms. The normalized spacial score (nSPS) is 14.8. The number of nitrogens with two attached hydrogens (primary N) is 1. The number of fused-ring (bicyclic) bond motifs is 1.